The molecule has 3 nitrogen and oxygen atoms in total. The van der Waals surface area contributed by atoms with Crippen molar-refractivity contribution in [1.82, 2.24) is 9.80 Å². The molecule has 1 aromatic rings. The predicted molar refractivity (Wildman–Crippen MR) is 88.5 cm³/mol. The summed E-state index contributed by atoms with van der Waals surface area (Å²) in [6.07, 6.45) is 0.475. The van der Waals surface area contributed by atoms with Crippen molar-refractivity contribution in [3.63, 3.8) is 0 Å². The van der Waals surface area contributed by atoms with E-state index in [0.717, 1.165) is 19.6 Å². The number of hydrogen-bond donors (Lipinski definition) is 0. The molecule has 1 saturated heterocycles. The molecule has 116 valence electrons. The fourth-order valence-electron chi connectivity index (χ4n) is 2.81. The number of nitrogens with zero attached hydrogens (tertiary/aromatic N) is 2. The van der Waals surface area contributed by atoms with Crippen LogP contribution >= 0.6 is 23.2 Å². The van der Waals surface area contributed by atoms with Gasteiger partial charge in [0.05, 0.1) is 10.0 Å². The van der Waals surface area contributed by atoms with Crippen LogP contribution in [0.3, 0.4) is 0 Å². The number of carbonyl (C=O) groups is 1. The van der Waals surface area contributed by atoms with E-state index < -0.39 is 0 Å². The lowest BCUT2D eigenvalue weighted by Crippen LogP contribution is -2.55. The number of Topliss-reactive ketones (excluding diaryl/α,β-unsaturated/α-hetero) is 1. The molecule has 0 amide bonds. The molecule has 0 bridgehead atoms. The van der Waals surface area contributed by atoms with Gasteiger partial charge in [0.2, 0.25) is 0 Å². The molecule has 1 fully saturated rings. The Labute approximate surface area is 136 Å². The third-order valence-corrected chi connectivity index (χ3v) is 5.16. The first-order chi connectivity index (χ1) is 9.90. The van der Waals surface area contributed by atoms with E-state index in [-0.39, 0.29) is 5.78 Å². The quantitative estimate of drug-likeness (QED) is 0.789. The molecule has 5 heteroatoms. The highest BCUT2D eigenvalue weighted by atomic mass is 35.5. The minimum atomic E-state index is 0.0572. The van der Waals surface area contributed by atoms with Crippen LogP contribution in [0.1, 0.15) is 30.6 Å². The zero-order chi connectivity index (χ0) is 15.6. The third kappa shape index (κ3) is 3.98. The minimum Gasteiger partial charge on any atom is -0.300 e. The van der Waals surface area contributed by atoms with E-state index in [0.29, 0.717) is 34.1 Å². The molecule has 1 aromatic carbocycles. The summed E-state index contributed by atoms with van der Waals surface area (Å²) in [6, 6.07) is 6.23. The van der Waals surface area contributed by atoms with E-state index in [9.17, 15) is 4.79 Å². The predicted octanol–water partition coefficient (Wildman–Crippen LogP) is 3.59. The Balaban J connectivity index is 1.94. The summed E-state index contributed by atoms with van der Waals surface area (Å²) in [5, 5.41) is 0.800. The molecule has 1 aliphatic heterocycles. The van der Waals surface area contributed by atoms with E-state index >= 15 is 0 Å². The lowest BCUT2D eigenvalue weighted by atomic mass is 10.1. The van der Waals surface area contributed by atoms with Crippen LogP contribution in [0.4, 0.5) is 0 Å². The lowest BCUT2D eigenvalue weighted by Gasteiger charge is -2.42. The average molecular weight is 329 g/mol. The molecule has 1 aliphatic rings. The normalized spacial score (nSPS) is 24.2. The van der Waals surface area contributed by atoms with E-state index in [1.54, 1.807) is 18.2 Å². The second kappa shape index (κ2) is 7.10. The van der Waals surface area contributed by atoms with Crippen LogP contribution in [0.2, 0.25) is 10.0 Å². The number of halogens is 2. The van der Waals surface area contributed by atoms with Crippen LogP contribution in [0, 0.1) is 0 Å². The Morgan fingerprint density at radius 1 is 1.24 bits per heavy atom. The second-order valence-electron chi connectivity index (χ2n) is 5.90. The number of hydrogen-bond acceptors (Lipinski definition) is 3. The first kappa shape index (κ1) is 16.8. The maximum absolute atomic E-state index is 12.3. The van der Waals surface area contributed by atoms with Gasteiger partial charge in [-0.25, -0.2) is 0 Å². The van der Waals surface area contributed by atoms with Crippen molar-refractivity contribution in [3.05, 3.63) is 33.8 Å². The smallest absolute Gasteiger partial charge is 0.165 e. The highest BCUT2D eigenvalue weighted by Crippen LogP contribution is 2.26. The van der Waals surface area contributed by atoms with Crippen molar-refractivity contribution in [2.45, 2.75) is 32.4 Å². The summed E-state index contributed by atoms with van der Waals surface area (Å²) >= 11 is 12.1. The SMILES string of the molecule is CC1CN(CCC(=O)c2cccc(Cl)c2Cl)CC(C)N1C. The Morgan fingerprint density at radius 2 is 1.86 bits per heavy atom. The highest BCUT2D eigenvalue weighted by molar-refractivity contribution is 6.43. The van der Waals surface area contributed by atoms with Gasteiger partial charge in [0.25, 0.3) is 0 Å². The van der Waals surface area contributed by atoms with Gasteiger partial charge in [-0.15, -0.1) is 0 Å². The summed E-state index contributed by atoms with van der Waals surface area (Å²) in [5.74, 6) is 0.0572. The maximum atomic E-state index is 12.3. The first-order valence-corrected chi connectivity index (χ1v) is 8.07. The van der Waals surface area contributed by atoms with E-state index in [2.05, 4.69) is 30.7 Å². The summed E-state index contributed by atoms with van der Waals surface area (Å²) in [4.78, 5) is 17.0. The molecule has 2 rings (SSSR count). The first-order valence-electron chi connectivity index (χ1n) is 7.31. The van der Waals surface area contributed by atoms with Crippen LogP contribution < -0.4 is 0 Å². The Bertz CT molecular complexity index is 509. The number of benzene rings is 1. The molecule has 0 N–H and O–H groups in total. The van der Waals surface area contributed by atoms with Crippen molar-refractivity contribution in [3.8, 4) is 0 Å². The summed E-state index contributed by atoms with van der Waals surface area (Å²) in [5.41, 5.74) is 0.527. The molecule has 0 saturated carbocycles. The zero-order valence-electron chi connectivity index (χ0n) is 12.8. The molecule has 1 heterocycles. The number of ketones is 1. The minimum absolute atomic E-state index is 0.0572. The molecular weight excluding hydrogens is 307 g/mol. The number of rotatable bonds is 4. The van der Waals surface area contributed by atoms with Crippen molar-refractivity contribution in [2.75, 3.05) is 26.7 Å². The molecule has 2 atom stereocenters. The van der Waals surface area contributed by atoms with E-state index in [1.807, 2.05) is 0 Å². The van der Waals surface area contributed by atoms with Crippen LogP contribution in [0.25, 0.3) is 0 Å². The van der Waals surface area contributed by atoms with Gasteiger partial charge in [-0.3, -0.25) is 14.6 Å². The van der Waals surface area contributed by atoms with Crippen LogP contribution in [-0.4, -0.2) is 54.3 Å². The topological polar surface area (TPSA) is 23.6 Å². The monoisotopic (exact) mass is 328 g/mol. The largest absolute Gasteiger partial charge is 0.300 e. The molecule has 0 spiro atoms. The molecule has 0 aromatic heterocycles. The second-order valence-corrected chi connectivity index (χ2v) is 6.68. The van der Waals surface area contributed by atoms with Gasteiger partial charge in [-0.2, -0.15) is 0 Å². The molecular formula is C16H22Cl2N2O. The van der Waals surface area contributed by atoms with Crippen molar-refractivity contribution >= 4 is 29.0 Å². The van der Waals surface area contributed by atoms with E-state index in [1.165, 1.54) is 0 Å². The standard InChI is InChI=1S/C16H22Cl2N2O/c1-11-9-20(10-12(2)19(11)3)8-7-15(21)13-5-4-6-14(17)16(13)18/h4-6,11-12H,7-10H2,1-3H3. The summed E-state index contributed by atoms with van der Waals surface area (Å²) in [7, 11) is 2.16. The Kier molecular flexibility index (Phi) is 5.67. The number of piperazine rings is 1. The molecule has 21 heavy (non-hydrogen) atoms. The van der Waals surface area contributed by atoms with Gasteiger partial charge in [-0.1, -0.05) is 29.3 Å². The Morgan fingerprint density at radius 3 is 2.48 bits per heavy atom. The molecule has 2 unspecified atom stereocenters. The van der Waals surface area contributed by atoms with E-state index in [4.69, 9.17) is 23.2 Å². The van der Waals surface area contributed by atoms with Crippen LogP contribution in [-0.2, 0) is 0 Å². The fraction of sp³-hybridized carbons (Fsp3) is 0.562. The van der Waals surface area contributed by atoms with Crippen molar-refractivity contribution < 1.29 is 4.79 Å². The van der Waals surface area contributed by atoms with Gasteiger partial charge in [0.1, 0.15) is 0 Å². The zero-order valence-corrected chi connectivity index (χ0v) is 14.3. The third-order valence-electron chi connectivity index (χ3n) is 4.34. The van der Waals surface area contributed by atoms with Crippen molar-refractivity contribution in [1.29, 1.82) is 0 Å². The van der Waals surface area contributed by atoms with Gasteiger partial charge < -0.3 is 0 Å². The molecule has 0 radical (unpaired) electrons. The van der Waals surface area contributed by atoms with Gasteiger partial charge >= 0.3 is 0 Å². The van der Waals surface area contributed by atoms with Gasteiger partial charge in [-0.05, 0) is 33.0 Å². The molecule has 0 aliphatic carbocycles. The van der Waals surface area contributed by atoms with Gasteiger partial charge in [0.15, 0.2) is 5.78 Å². The maximum Gasteiger partial charge on any atom is 0.165 e. The highest BCUT2D eigenvalue weighted by Gasteiger charge is 2.26. The lowest BCUT2D eigenvalue weighted by molar-refractivity contribution is 0.0575. The van der Waals surface area contributed by atoms with Crippen LogP contribution in [0.5, 0.6) is 0 Å². The Hall–Kier alpha value is -0.610. The van der Waals surface area contributed by atoms with Crippen LogP contribution in [0.15, 0.2) is 18.2 Å². The summed E-state index contributed by atoms with van der Waals surface area (Å²) < 4.78 is 0. The number of carbonyl (C=O) groups excluding carboxylic acids is 1. The fourth-order valence-corrected chi connectivity index (χ4v) is 3.22. The number of likely N-dealkylation sites (N-methyl/N-ethyl adjacent to an activating group) is 1. The van der Waals surface area contributed by atoms with Crippen molar-refractivity contribution in [2.24, 2.45) is 0 Å². The summed E-state index contributed by atoms with van der Waals surface area (Å²) in [6.45, 7) is 7.20. The average Bonchev–Trinajstić information content (AvgIpc) is 2.45. The van der Waals surface area contributed by atoms with Gasteiger partial charge in [0, 0.05) is 43.7 Å².